The molecule has 10 heteroatoms. The van der Waals surface area contributed by atoms with E-state index in [2.05, 4.69) is 10.2 Å². The van der Waals surface area contributed by atoms with Gasteiger partial charge in [0.15, 0.2) is 0 Å². The van der Waals surface area contributed by atoms with Crippen molar-refractivity contribution in [3.05, 3.63) is 29.1 Å². The van der Waals surface area contributed by atoms with Crippen LogP contribution in [0.25, 0.3) is 0 Å². The number of fused-ring (bicyclic) bond motifs is 1. The highest BCUT2D eigenvalue weighted by Gasteiger charge is 2.45. The summed E-state index contributed by atoms with van der Waals surface area (Å²) >= 11 is 0. The Labute approximate surface area is 172 Å². The molecule has 9 nitrogen and oxygen atoms in total. The van der Waals surface area contributed by atoms with Gasteiger partial charge in [-0.05, 0) is 25.0 Å². The SMILES string of the molecule is O=C1CCC(N2C(=O)c3cc(F)c(N4CCN(CCCO)CC4)cc3C2=O)C(=O)N1. The number of rotatable bonds is 5. The molecule has 0 aromatic heterocycles. The van der Waals surface area contributed by atoms with Crippen LogP contribution in [0.2, 0.25) is 0 Å². The quantitative estimate of drug-likeness (QED) is 0.634. The Bertz CT molecular complexity index is 913. The summed E-state index contributed by atoms with van der Waals surface area (Å²) in [5.74, 6) is -3.10. The molecule has 4 rings (SSSR count). The first-order valence-electron chi connectivity index (χ1n) is 10.0. The molecule has 30 heavy (non-hydrogen) atoms. The third kappa shape index (κ3) is 3.56. The minimum absolute atomic E-state index is 0.0317. The van der Waals surface area contributed by atoms with Gasteiger partial charge in [-0.1, -0.05) is 0 Å². The number of aliphatic hydroxyl groups is 1. The number of nitrogens with one attached hydrogen (secondary N) is 1. The smallest absolute Gasteiger partial charge is 0.262 e. The number of imide groups is 2. The molecule has 0 spiro atoms. The van der Waals surface area contributed by atoms with E-state index in [-0.39, 0.29) is 36.3 Å². The van der Waals surface area contributed by atoms with Gasteiger partial charge in [-0.2, -0.15) is 0 Å². The van der Waals surface area contributed by atoms with Crippen LogP contribution in [0.1, 0.15) is 40.0 Å². The number of nitrogens with zero attached hydrogens (tertiary/aromatic N) is 3. The van der Waals surface area contributed by atoms with Gasteiger partial charge in [0.25, 0.3) is 11.8 Å². The average molecular weight is 418 g/mol. The lowest BCUT2D eigenvalue weighted by atomic mass is 10.0. The molecule has 3 aliphatic rings. The van der Waals surface area contributed by atoms with Crippen LogP contribution < -0.4 is 10.2 Å². The molecule has 4 amide bonds. The van der Waals surface area contributed by atoms with E-state index in [1.165, 1.54) is 6.07 Å². The fraction of sp³-hybridized carbons (Fsp3) is 0.500. The van der Waals surface area contributed by atoms with Gasteiger partial charge in [0.1, 0.15) is 11.9 Å². The third-order valence-electron chi connectivity index (χ3n) is 5.85. The second kappa shape index (κ2) is 8.11. The number of hydrogen-bond acceptors (Lipinski definition) is 7. The third-order valence-corrected chi connectivity index (χ3v) is 5.85. The summed E-state index contributed by atoms with van der Waals surface area (Å²) in [4.78, 5) is 54.0. The van der Waals surface area contributed by atoms with Crippen LogP contribution in [0.4, 0.5) is 10.1 Å². The second-order valence-electron chi connectivity index (χ2n) is 7.70. The van der Waals surface area contributed by atoms with Crippen LogP contribution in [0.3, 0.4) is 0 Å². The monoisotopic (exact) mass is 418 g/mol. The van der Waals surface area contributed by atoms with Crippen LogP contribution in [0.15, 0.2) is 12.1 Å². The highest BCUT2D eigenvalue weighted by Crippen LogP contribution is 2.33. The maximum absolute atomic E-state index is 14.8. The Hall–Kier alpha value is -2.85. The second-order valence-corrected chi connectivity index (χ2v) is 7.70. The number of hydrogen-bond donors (Lipinski definition) is 2. The van der Waals surface area contributed by atoms with Crippen molar-refractivity contribution >= 4 is 29.3 Å². The number of aliphatic hydroxyl groups excluding tert-OH is 1. The molecular weight excluding hydrogens is 395 g/mol. The van der Waals surface area contributed by atoms with Crippen LogP contribution in [-0.2, 0) is 9.59 Å². The summed E-state index contributed by atoms with van der Waals surface area (Å²) in [6.07, 6.45) is 0.769. The van der Waals surface area contributed by atoms with E-state index in [0.717, 1.165) is 17.5 Å². The Morgan fingerprint density at radius 3 is 2.33 bits per heavy atom. The number of halogens is 1. The summed E-state index contributed by atoms with van der Waals surface area (Å²) in [6, 6.07) is 1.38. The van der Waals surface area contributed by atoms with Gasteiger partial charge < -0.3 is 10.0 Å². The van der Waals surface area contributed by atoms with E-state index in [0.29, 0.717) is 32.6 Å². The summed E-state index contributed by atoms with van der Waals surface area (Å²) in [7, 11) is 0. The molecule has 0 bridgehead atoms. The number of carbonyl (C=O) groups excluding carboxylic acids is 4. The minimum atomic E-state index is -1.07. The maximum Gasteiger partial charge on any atom is 0.262 e. The van der Waals surface area contributed by atoms with Crippen LogP contribution in [0.5, 0.6) is 0 Å². The van der Waals surface area contributed by atoms with Crippen LogP contribution in [-0.4, -0.2) is 83.9 Å². The summed E-state index contributed by atoms with van der Waals surface area (Å²) in [5, 5.41) is 11.1. The average Bonchev–Trinajstić information content (AvgIpc) is 2.96. The van der Waals surface area contributed by atoms with Crippen LogP contribution in [0, 0.1) is 5.82 Å². The number of carbonyl (C=O) groups is 4. The van der Waals surface area contributed by atoms with Crippen molar-refractivity contribution < 1.29 is 28.7 Å². The molecule has 0 radical (unpaired) electrons. The molecule has 160 valence electrons. The van der Waals surface area contributed by atoms with Gasteiger partial charge in [-0.3, -0.25) is 34.3 Å². The first-order chi connectivity index (χ1) is 14.4. The molecule has 1 unspecified atom stereocenters. The molecule has 3 aliphatic heterocycles. The number of piperazine rings is 1. The van der Waals surface area contributed by atoms with Crippen molar-refractivity contribution in [1.29, 1.82) is 0 Å². The van der Waals surface area contributed by atoms with E-state index < -0.39 is 35.5 Å². The van der Waals surface area contributed by atoms with E-state index in [9.17, 15) is 23.6 Å². The van der Waals surface area contributed by atoms with Gasteiger partial charge in [-0.25, -0.2) is 4.39 Å². The number of amides is 4. The molecule has 0 saturated carbocycles. The Morgan fingerprint density at radius 1 is 1.03 bits per heavy atom. The summed E-state index contributed by atoms with van der Waals surface area (Å²) in [5.41, 5.74) is 0.262. The molecule has 3 heterocycles. The van der Waals surface area contributed by atoms with Gasteiger partial charge in [0.2, 0.25) is 11.8 Å². The van der Waals surface area contributed by atoms with Crippen LogP contribution >= 0.6 is 0 Å². The first kappa shape index (κ1) is 20.4. The van der Waals surface area contributed by atoms with Crippen molar-refractivity contribution in [3.63, 3.8) is 0 Å². The fourth-order valence-corrected chi connectivity index (χ4v) is 4.23. The van der Waals surface area contributed by atoms with Gasteiger partial charge >= 0.3 is 0 Å². The lowest BCUT2D eigenvalue weighted by molar-refractivity contribution is -0.136. The van der Waals surface area contributed by atoms with Crippen molar-refractivity contribution in [2.45, 2.75) is 25.3 Å². The zero-order valence-electron chi connectivity index (χ0n) is 16.4. The number of piperidine rings is 1. The molecule has 0 aliphatic carbocycles. The minimum Gasteiger partial charge on any atom is -0.396 e. The molecular formula is C20H23FN4O5. The molecule has 2 fully saturated rings. The Balaban J connectivity index is 1.54. The number of benzene rings is 1. The topological polar surface area (TPSA) is 110 Å². The molecule has 2 N–H and O–H groups in total. The molecule has 1 atom stereocenters. The highest BCUT2D eigenvalue weighted by atomic mass is 19.1. The maximum atomic E-state index is 14.8. The van der Waals surface area contributed by atoms with Crippen molar-refractivity contribution in [2.24, 2.45) is 0 Å². The predicted octanol–water partition coefficient (Wildman–Crippen LogP) is -0.269. The zero-order valence-corrected chi connectivity index (χ0v) is 16.4. The lowest BCUT2D eigenvalue weighted by Crippen LogP contribution is -2.54. The van der Waals surface area contributed by atoms with E-state index >= 15 is 0 Å². The van der Waals surface area contributed by atoms with E-state index in [1.54, 1.807) is 0 Å². The molecule has 2 saturated heterocycles. The molecule has 1 aromatic carbocycles. The van der Waals surface area contributed by atoms with E-state index in [4.69, 9.17) is 5.11 Å². The Morgan fingerprint density at radius 2 is 1.70 bits per heavy atom. The number of anilines is 1. The summed E-state index contributed by atoms with van der Waals surface area (Å²) in [6.45, 7) is 3.41. The van der Waals surface area contributed by atoms with Crippen molar-refractivity contribution in [3.8, 4) is 0 Å². The lowest BCUT2D eigenvalue weighted by Gasteiger charge is -2.36. The molecule has 1 aromatic rings. The zero-order chi connectivity index (χ0) is 21.4. The summed E-state index contributed by atoms with van der Waals surface area (Å²) < 4.78 is 14.8. The largest absolute Gasteiger partial charge is 0.396 e. The van der Waals surface area contributed by atoms with Crippen molar-refractivity contribution in [2.75, 3.05) is 44.2 Å². The Kier molecular flexibility index (Phi) is 5.52. The van der Waals surface area contributed by atoms with Crippen molar-refractivity contribution in [1.82, 2.24) is 15.1 Å². The van der Waals surface area contributed by atoms with Gasteiger partial charge in [0.05, 0.1) is 16.8 Å². The normalized spacial score (nSPS) is 22.5. The highest BCUT2D eigenvalue weighted by molar-refractivity contribution is 6.23. The van der Waals surface area contributed by atoms with Gasteiger partial charge in [-0.15, -0.1) is 0 Å². The fourth-order valence-electron chi connectivity index (χ4n) is 4.23. The standard InChI is InChI=1S/C20H23FN4O5/c21-14-10-12-13(11-16(14)24-7-5-23(6-8-24)4-1-9-26)20(30)25(19(12)29)15-2-3-17(27)22-18(15)28/h10-11,15,26H,1-9H2,(H,22,27,28). The van der Waals surface area contributed by atoms with Gasteiger partial charge in [0, 0.05) is 45.8 Å². The van der Waals surface area contributed by atoms with E-state index in [1.807, 2.05) is 4.90 Å². The first-order valence-corrected chi connectivity index (χ1v) is 10.0. The predicted molar refractivity (Wildman–Crippen MR) is 103 cm³/mol.